The number of hydrogen-bond acceptors (Lipinski definition) is 6. The molecule has 0 saturated heterocycles. The maximum atomic E-state index is 12.5. The molecule has 0 spiro atoms. The second kappa shape index (κ2) is 11.7. The number of nitrogens with one attached hydrogen (secondary N) is 2. The normalized spacial score (nSPS) is 11.4. The van der Waals surface area contributed by atoms with Crippen molar-refractivity contribution in [1.29, 1.82) is 0 Å². The Morgan fingerprint density at radius 1 is 1.05 bits per heavy atom. The Labute approximate surface area is 216 Å². The minimum Gasteiger partial charge on any atom is -0.468 e. The number of ether oxygens (including phenoxy) is 1. The molecule has 4 aromatic rings. The average Bonchev–Trinajstić information content (AvgIpc) is 3.29. The average molecular weight is 527 g/mol. The highest BCUT2D eigenvalue weighted by atomic mass is 19.4. The number of carbonyl (C=O) groups is 2. The number of alkyl halides is 3. The first-order valence-electron chi connectivity index (χ1n) is 11.7. The third-order valence-electron chi connectivity index (χ3n) is 5.46. The van der Waals surface area contributed by atoms with Crippen molar-refractivity contribution in [2.45, 2.75) is 26.1 Å². The fourth-order valence-electron chi connectivity index (χ4n) is 3.75. The van der Waals surface area contributed by atoms with Gasteiger partial charge in [0.15, 0.2) is 6.61 Å². The molecule has 1 aromatic carbocycles. The summed E-state index contributed by atoms with van der Waals surface area (Å²) in [4.78, 5) is 32.9. The number of amides is 2. The number of rotatable bonds is 10. The molecule has 9 nitrogen and oxygen atoms in total. The van der Waals surface area contributed by atoms with E-state index in [0.29, 0.717) is 34.3 Å². The van der Waals surface area contributed by atoms with Crippen molar-refractivity contribution in [3.63, 3.8) is 0 Å². The predicted octanol–water partition coefficient (Wildman–Crippen LogP) is 3.21. The van der Waals surface area contributed by atoms with E-state index >= 15 is 0 Å². The largest absolute Gasteiger partial charge is 0.468 e. The third-order valence-corrected chi connectivity index (χ3v) is 5.46. The van der Waals surface area contributed by atoms with Gasteiger partial charge in [-0.25, -0.2) is 4.98 Å². The lowest BCUT2D eigenvalue weighted by Gasteiger charge is -2.11. The smallest absolute Gasteiger partial charge is 0.422 e. The number of halogens is 3. The van der Waals surface area contributed by atoms with Crippen LogP contribution in [0.15, 0.2) is 61.1 Å². The Morgan fingerprint density at radius 2 is 1.82 bits per heavy atom. The molecule has 0 atom stereocenters. The molecule has 0 radical (unpaired) electrons. The highest BCUT2D eigenvalue weighted by Crippen LogP contribution is 2.21. The molecule has 2 N–H and O–H groups in total. The van der Waals surface area contributed by atoms with E-state index in [-0.39, 0.29) is 37.2 Å². The Kier molecular flexibility index (Phi) is 8.19. The minimum absolute atomic E-state index is 0.0293. The Balaban J connectivity index is 1.33. The summed E-state index contributed by atoms with van der Waals surface area (Å²) < 4.78 is 43.6. The maximum absolute atomic E-state index is 12.5. The quantitative estimate of drug-likeness (QED) is 0.307. The fourth-order valence-corrected chi connectivity index (χ4v) is 3.75. The molecule has 0 bridgehead atoms. The lowest BCUT2D eigenvalue weighted by molar-refractivity contribution is -0.154. The molecule has 3 heterocycles. The zero-order valence-corrected chi connectivity index (χ0v) is 20.5. The molecule has 0 aliphatic heterocycles. The summed E-state index contributed by atoms with van der Waals surface area (Å²) in [5.74, 6) is -0.539. The molecule has 3 aromatic heterocycles. The summed E-state index contributed by atoms with van der Waals surface area (Å²) in [5, 5.41) is 10.7. The van der Waals surface area contributed by atoms with Crippen molar-refractivity contribution in [2.24, 2.45) is 0 Å². The second-order valence-electron chi connectivity index (χ2n) is 8.54. The summed E-state index contributed by atoms with van der Waals surface area (Å²) in [7, 11) is 0. The second-order valence-corrected chi connectivity index (χ2v) is 8.54. The van der Waals surface area contributed by atoms with Gasteiger partial charge in [0.25, 0.3) is 5.91 Å². The van der Waals surface area contributed by atoms with Gasteiger partial charge in [-0.3, -0.25) is 19.3 Å². The van der Waals surface area contributed by atoms with Crippen LogP contribution >= 0.6 is 0 Å². The maximum Gasteiger partial charge on any atom is 0.422 e. The molecule has 0 aliphatic rings. The van der Waals surface area contributed by atoms with Gasteiger partial charge in [0, 0.05) is 48.2 Å². The first-order valence-corrected chi connectivity index (χ1v) is 11.7. The summed E-state index contributed by atoms with van der Waals surface area (Å²) in [6, 6.07) is 12.2. The number of fused-ring (bicyclic) bond motifs is 1. The van der Waals surface area contributed by atoms with Crippen molar-refractivity contribution in [1.82, 2.24) is 30.4 Å². The minimum atomic E-state index is -4.44. The molecule has 0 unspecified atom stereocenters. The number of benzene rings is 1. The molecular formula is C26H25F3N6O3. The van der Waals surface area contributed by atoms with E-state index in [9.17, 15) is 22.8 Å². The highest BCUT2D eigenvalue weighted by molar-refractivity contribution is 5.94. The molecule has 38 heavy (non-hydrogen) atoms. The van der Waals surface area contributed by atoms with E-state index in [4.69, 9.17) is 4.74 Å². The third kappa shape index (κ3) is 7.28. The summed E-state index contributed by atoms with van der Waals surface area (Å²) >= 11 is 0. The van der Waals surface area contributed by atoms with Crippen LogP contribution in [-0.2, 0) is 17.8 Å². The number of aromatic nitrogens is 4. The summed E-state index contributed by atoms with van der Waals surface area (Å²) in [6.07, 6.45) is 0.355. The zero-order valence-electron chi connectivity index (χ0n) is 20.5. The van der Waals surface area contributed by atoms with Crippen LogP contribution in [0.3, 0.4) is 0 Å². The van der Waals surface area contributed by atoms with Gasteiger partial charge in [0.1, 0.15) is 0 Å². The Bertz CT molecular complexity index is 1420. The zero-order chi connectivity index (χ0) is 27.1. The number of nitrogens with zero attached hydrogens (tertiary/aromatic N) is 4. The van der Waals surface area contributed by atoms with Crippen LogP contribution in [-0.4, -0.2) is 57.4 Å². The molecule has 0 fully saturated rings. The van der Waals surface area contributed by atoms with Crippen LogP contribution in [0, 0.1) is 6.92 Å². The molecule has 2 amide bonds. The predicted molar refractivity (Wildman–Crippen MR) is 133 cm³/mol. The van der Waals surface area contributed by atoms with Crippen molar-refractivity contribution in [3.8, 4) is 5.88 Å². The van der Waals surface area contributed by atoms with Crippen molar-refractivity contribution in [3.05, 3.63) is 83.4 Å². The molecule has 12 heteroatoms. The summed E-state index contributed by atoms with van der Waals surface area (Å²) in [6.45, 7) is 1.07. The van der Waals surface area contributed by atoms with Gasteiger partial charge in [-0.15, -0.1) is 0 Å². The highest BCUT2D eigenvalue weighted by Gasteiger charge is 2.29. The van der Waals surface area contributed by atoms with Gasteiger partial charge < -0.3 is 15.4 Å². The molecule has 198 valence electrons. The van der Waals surface area contributed by atoms with Crippen molar-refractivity contribution < 1.29 is 27.5 Å². The standard InChI is InChI=1S/C26H25F3N6O3/c1-17-11-18(13-33-25(17)38-16-26(27,28)29)14-35-15-20-21(34-35)7-8-30-22(20)12-23(36)31-9-10-32-24(37)19-5-3-2-4-6-19/h2-8,11,13,15H,9-10,12,14,16H2,1H3,(H,31,36)(H,32,37). The van der Waals surface area contributed by atoms with Crippen molar-refractivity contribution >= 4 is 22.7 Å². The van der Waals surface area contributed by atoms with E-state index in [0.717, 1.165) is 5.56 Å². The van der Waals surface area contributed by atoms with Gasteiger partial charge in [-0.05, 0) is 36.8 Å². The Morgan fingerprint density at radius 3 is 2.55 bits per heavy atom. The van der Waals surface area contributed by atoms with Gasteiger partial charge in [0.05, 0.1) is 24.2 Å². The monoisotopic (exact) mass is 526 g/mol. The van der Waals surface area contributed by atoms with Crippen LogP contribution in [0.1, 0.15) is 27.2 Å². The first-order chi connectivity index (χ1) is 18.2. The number of hydrogen-bond donors (Lipinski definition) is 2. The van der Waals surface area contributed by atoms with Crippen LogP contribution in [0.4, 0.5) is 13.2 Å². The van der Waals surface area contributed by atoms with E-state index in [1.807, 2.05) is 6.07 Å². The lowest BCUT2D eigenvalue weighted by atomic mass is 10.2. The van der Waals surface area contributed by atoms with Gasteiger partial charge in [-0.2, -0.15) is 18.3 Å². The summed E-state index contributed by atoms with van der Waals surface area (Å²) in [5.41, 5.74) is 2.93. The molecule has 4 rings (SSSR count). The molecular weight excluding hydrogens is 501 g/mol. The van der Waals surface area contributed by atoms with E-state index in [1.165, 1.54) is 6.20 Å². The molecule has 0 aliphatic carbocycles. The lowest BCUT2D eigenvalue weighted by Crippen LogP contribution is -2.35. The van der Waals surface area contributed by atoms with Gasteiger partial charge >= 0.3 is 6.18 Å². The van der Waals surface area contributed by atoms with Crippen LogP contribution < -0.4 is 15.4 Å². The van der Waals surface area contributed by atoms with Gasteiger partial charge in [-0.1, -0.05) is 18.2 Å². The fraction of sp³-hybridized carbons (Fsp3) is 0.269. The van der Waals surface area contributed by atoms with Gasteiger partial charge in [0.2, 0.25) is 11.8 Å². The number of aryl methyl sites for hydroxylation is 1. The van der Waals surface area contributed by atoms with Crippen LogP contribution in [0.25, 0.3) is 10.9 Å². The number of carbonyl (C=O) groups excluding carboxylic acids is 2. The SMILES string of the molecule is Cc1cc(Cn2cc3c(CC(=O)NCCNC(=O)c4ccccc4)nccc3n2)cnc1OCC(F)(F)F. The first kappa shape index (κ1) is 26.6. The van der Waals surface area contributed by atoms with E-state index in [2.05, 4.69) is 25.7 Å². The van der Waals surface area contributed by atoms with E-state index in [1.54, 1.807) is 60.4 Å². The van der Waals surface area contributed by atoms with Crippen molar-refractivity contribution in [2.75, 3.05) is 19.7 Å². The topological polar surface area (TPSA) is 111 Å². The molecule has 0 saturated carbocycles. The van der Waals surface area contributed by atoms with Crippen LogP contribution in [0.2, 0.25) is 0 Å². The van der Waals surface area contributed by atoms with E-state index < -0.39 is 12.8 Å². The Hall–Kier alpha value is -4.48. The number of pyridine rings is 2. The van der Waals surface area contributed by atoms with Crippen LogP contribution in [0.5, 0.6) is 5.88 Å².